The first kappa shape index (κ1) is 54.0. The van der Waals surface area contributed by atoms with Gasteiger partial charge in [-0.2, -0.15) is 0 Å². The van der Waals surface area contributed by atoms with Gasteiger partial charge in [0.05, 0.1) is 67.9 Å². The molecule has 1 fully saturated rings. The Morgan fingerprint density at radius 2 is 1.72 bits per heavy atom. The molecule has 2 aromatic heterocycles. The predicted molar refractivity (Wildman–Crippen MR) is 255 cm³/mol. The van der Waals surface area contributed by atoms with E-state index >= 15 is 0 Å². The number of unbranched alkanes of at least 4 members (excludes halogenated alkanes) is 1. The van der Waals surface area contributed by atoms with Gasteiger partial charge in [0.15, 0.2) is 0 Å². The van der Waals surface area contributed by atoms with Crippen LogP contribution in [-0.2, 0) is 82.4 Å². The first-order valence-electron chi connectivity index (χ1n) is 24.3. The fourth-order valence-electron chi connectivity index (χ4n) is 9.16. The zero-order chi connectivity index (χ0) is 51.2. The number of esters is 2. The van der Waals surface area contributed by atoms with Gasteiger partial charge >= 0.3 is 17.9 Å². The number of nitrogens with one attached hydrogen (secondary N) is 3. The third kappa shape index (κ3) is 12.8. The molecule has 22 heteroatoms. The Kier molecular flexibility index (Phi) is 19.1. The van der Waals surface area contributed by atoms with Crippen molar-refractivity contribution in [3.63, 3.8) is 0 Å². The first-order chi connectivity index (χ1) is 34.1. The summed E-state index contributed by atoms with van der Waals surface area (Å²) in [5, 5.41) is 18.3. The molecule has 71 heavy (non-hydrogen) atoms. The number of ether oxygens (including phenoxy) is 5. The van der Waals surface area contributed by atoms with Crippen LogP contribution >= 0.6 is 0 Å². The topological polar surface area (TPSA) is 312 Å². The third-order valence-corrected chi connectivity index (χ3v) is 12.9. The van der Waals surface area contributed by atoms with Crippen molar-refractivity contribution in [1.29, 1.82) is 0 Å². The van der Waals surface area contributed by atoms with Crippen LogP contribution in [0.5, 0.6) is 0 Å². The fraction of sp³-hybridized carbons (Fsp3) is 0.571. The summed E-state index contributed by atoms with van der Waals surface area (Å²) in [4.78, 5) is 112. The third-order valence-electron chi connectivity index (χ3n) is 12.9. The summed E-state index contributed by atoms with van der Waals surface area (Å²) in [7, 11) is 0. The van der Waals surface area contributed by atoms with E-state index in [-0.39, 0.29) is 82.5 Å². The van der Waals surface area contributed by atoms with E-state index in [0.717, 1.165) is 34.9 Å². The van der Waals surface area contributed by atoms with Crippen molar-refractivity contribution in [2.24, 2.45) is 11.5 Å². The van der Waals surface area contributed by atoms with E-state index in [4.69, 9.17) is 40.1 Å². The maximum Gasteiger partial charge on any atom is 0.355 e. The number of carbonyl (C=O) groups is 7. The molecule has 0 saturated carbocycles. The Hall–Kier alpha value is -6.33. The Balaban J connectivity index is 0.985. The van der Waals surface area contributed by atoms with Gasteiger partial charge < -0.3 is 65.7 Å². The molecule has 3 aliphatic rings. The standard InChI is InChI=1S/C49H66N8O14/c1-4-30-31-12-6-7-14-36(31)55-42-32(30)26-57-39(42)24-34-33(45(57)63)27-70-48(66)49(34,5-2)71-47(65)29(3)53-44(62)38-15-10-18-56(38)46(64)37(25-41(59)60)54-40(58)16-21-68-23-22-67-19-11-20-69-28-52-43(61)35(51)13-8-9-17-50/h6-7,12,14,24,29,35,37-38H,4-5,8-11,13,15-23,25-28,50-51H2,1-3H3,(H,52,61)(H,53,62)(H,54,58)(H,59,60)/t29-,35-,37-,38-,49-/m0/s1. The number of aryl methyl sites for hydroxylation is 1. The van der Waals surface area contributed by atoms with Gasteiger partial charge in [-0.1, -0.05) is 38.5 Å². The van der Waals surface area contributed by atoms with Crippen LogP contribution in [0.3, 0.4) is 0 Å². The number of nitrogens with zero attached hydrogens (tertiary/aromatic N) is 3. The molecule has 1 aromatic carbocycles. The van der Waals surface area contributed by atoms with Crippen LogP contribution in [0, 0.1) is 0 Å². The van der Waals surface area contributed by atoms with E-state index < -0.39 is 77.4 Å². The Labute approximate surface area is 410 Å². The van der Waals surface area contributed by atoms with Gasteiger partial charge in [-0.05, 0) is 76.1 Å². The number of aliphatic carboxylic acids is 1. The molecular weight excluding hydrogens is 925 g/mol. The number of fused-ring (bicyclic) bond motifs is 5. The van der Waals surface area contributed by atoms with Gasteiger partial charge in [-0.15, -0.1) is 0 Å². The van der Waals surface area contributed by atoms with Gasteiger partial charge in [0.1, 0.15) is 31.5 Å². The molecule has 0 aliphatic carbocycles. The molecule has 3 aromatic rings. The molecule has 22 nitrogen and oxygen atoms in total. The summed E-state index contributed by atoms with van der Waals surface area (Å²) in [6.45, 7) is 6.61. The summed E-state index contributed by atoms with van der Waals surface area (Å²) in [6.07, 6.45) is 2.85. The number of carboxylic acids is 1. The molecule has 4 amide bonds. The Morgan fingerprint density at radius 3 is 2.45 bits per heavy atom. The van der Waals surface area contributed by atoms with Crippen LogP contribution in [0.25, 0.3) is 22.3 Å². The van der Waals surface area contributed by atoms with Crippen molar-refractivity contribution in [2.45, 2.75) is 128 Å². The zero-order valence-electron chi connectivity index (χ0n) is 40.6. The van der Waals surface area contributed by atoms with E-state index in [1.807, 2.05) is 31.2 Å². The van der Waals surface area contributed by atoms with Crippen molar-refractivity contribution in [3.8, 4) is 11.4 Å². The minimum atomic E-state index is -2.04. The minimum absolute atomic E-state index is 0.0261. The first-order valence-corrected chi connectivity index (χ1v) is 24.3. The van der Waals surface area contributed by atoms with E-state index in [2.05, 4.69) is 16.0 Å². The molecule has 6 rings (SSSR count). The van der Waals surface area contributed by atoms with Crippen LogP contribution in [0.1, 0.15) is 101 Å². The molecular formula is C49H66N8O14. The molecule has 0 radical (unpaired) electrons. The van der Waals surface area contributed by atoms with Gasteiger partial charge in [-0.25, -0.2) is 14.6 Å². The molecule has 5 heterocycles. The van der Waals surface area contributed by atoms with Crippen molar-refractivity contribution in [3.05, 3.63) is 62.9 Å². The summed E-state index contributed by atoms with van der Waals surface area (Å²) < 4.78 is 29.4. The number of para-hydroxylation sites is 1. The number of rotatable bonds is 27. The molecule has 0 bridgehead atoms. The Morgan fingerprint density at radius 1 is 0.972 bits per heavy atom. The van der Waals surface area contributed by atoms with Crippen molar-refractivity contribution in [1.82, 2.24) is 30.4 Å². The monoisotopic (exact) mass is 990 g/mol. The van der Waals surface area contributed by atoms with E-state index in [0.29, 0.717) is 56.8 Å². The fourth-order valence-corrected chi connectivity index (χ4v) is 9.16. The SMILES string of the molecule is CCc1c2c(nc3ccccc13)-c1cc3c(c(=O)n1C2)COC(=O)[C@@]3(CC)OC(=O)[C@H](C)NC(=O)[C@@H]1CCCN1C(=O)[C@H](CC(=O)O)NC(=O)CCOCCOCCCOCNC(=O)[C@@H](N)CCCCN. The Bertz CT molecular complexity index is 2520. The highest BCUT2D eigenvalue weighted by atomic mass is 16.6. The smallest absolute Gasteiger partial charge is 0.355 e. The van der Waals surface area contributed by atoms with Gasteiger partial charge in [0.2, 0.25) is 29.2 Å². The normalized spacial score (nSPS) is 18.1. The highest BCUT2D eigenvalue weighted by molar-refractivity contribution is 5.96. The summed E-state index contributed by atoms with van der Waals surface area (Å²) in [6, 6.07) is 4.76. The zero-order valence-corrected chi connectivity index (χ0v) is 40.6. The molecule has 0 unspecified atom stereocenters. The minimum Gasteiger partial charge on any atom is -0.481 e. The molecule has 386 valence electrons. The molecule has 3 aliphatic heterocycles. The van der Waals surface area contributed by atoms with Crippen LogP contribution in [-0.4, -0.2) is 138 Å². The van der Waals surface area contributed by atoms with Gasteiger partial charge in [0, 0.05) is 36.1 Å². The predicted octanol–water partition coefficient (Wildman–Crippen LogP) is 1.01. The highest BCUT2D eigenvalue weighted by Gasteiger charge is 2.51. The van der Waals surface area contributed by atoms with Crippen LogP contribution < -0.4 is 33.0 Å². The van der Waals surface area contributed by atoms with Crippen molar-refractivity contribution in [2.75, 3.05) is 52.9 Å². The van der Waals surface area contributed by atoms with E-state index in [1.165, 1.54) is 11.8 Å². The maximum atomic E-state index is 14.1. The molecule has 8 N–H and O–H groups in total. The van der Waals surface area contributed by atoms with E-state index in [9.17, 15) is 43.5 Å². The lowest BCUT2D eigenvalue weighted by Crippen LogP contribution is -2.56. The lowest BCUT2D eigenvalue weighted by atomic mass is 9.85. The van der Waals surface area contributed by atoms with Crippen LogP contribution in [0.2, 0.25) is 0 Å². The average molecular weight is 991 g/mol. The number of likely N-dealkylation sites (tertiary alicyclic amines) is 1. The lowest BCUT2D eigenvalue weighted by molar-refractivity contribution is -0.190. The number of carboxylic acid groups (broad SMARTS) is 1. The number of hydrogen-bond donors (Lipinski definition) is 6. The summed E-state index contributed by atoms with van der Waals surface area (Å²) in [5.41, 5.74) is 12.9. The van der Waals surface area contributed by atoms with Gasteiger partial charge in [-0.3, -0.25) is 28.8 Å². The number of aromatic nitrogens is 2. The maximum absolute atomic E-state index is 14.1. The largest absolute Gasteiger partial charge is 0.481 e. The van der Waals surface area contributed by atoms with E-state index in [1.54, 1.807) is 17.6 Å². The molecule has 0 spiro atoms. The quantitative estimate of drug-likeness (QED) is 0.0276. The number of nitrogens with two attached hydrogens (primary N) is 2. The second-order valence-corrected chi connectivity index (χ2v) is 17.7. The summed E-state index contributed by atoms with van der Waals surface area (Å²) in [5.74, 6) is -5.72. The van der Waals surface area contributed by atoms with Crippen LogP contribution in [0.15, 0.2) is 35.1 Å². The van der Waals surface area contributed by atoms with Crippen molar-refractivity contribution < 1.29 is 62.4 Å². The number of pyridine rings is 2. The summed E-state index contributed by atoms with van der Waals surface area (Å²) >= 11 is 0. The number of hydrogen-bond acceptors (Lipinski definition) is 16. The lowest BCUT2D eigenvalue weighted by Gasteiger charge is -2.36. The van der Waals surface area contributed by atoms with Crippen molar-refractivity contribution >= 4 is 52.4 Å². The number of amides is 4. The molecule has 1 saturated heterocycles. The average Bonchev–Trinajstić information content (AvgIpc) is 4.00. The van der Waals surface area contributed by atoms with Crippen LogP contribution in [0.4, 0.5) is 0 Å². The molecule has 5 atom stereocenters. The highest BCUT2D eigenvalue weighted by Crippen LogP contribution is 2.42. The number of cyclic esters (lactones) is 1. The number of carbonyl (C=O) groups excluding carboxylic acids is 6. The van der Waals surface area contributed by atoms with Gasteiger partial charge in [0.25, 0.3) is 5.56 Å². The number of benzene rings is 1. The second kappa shape index (κ2) is 25.2. The second-order valence-electron chi connectivity index (χ2n) is 17.7.